The molecule has 0 saturated heterocycles. The van der Waals surface area contributed by atoms with Gasteiger partial charge in [0.2, 0.25) is 5.95 Å². The number of aromatic nitrogens is 2. The molecule has 0 saturated carbocycles. The summed E-state index contributed by atoms with van der Waals surface area (Å²) < 4.78 is 0. The molecule has 19 heavy (non-hydrogen) atoms. The third kappa shape index (κ3) is 3.06. The maximum absolute atomic E-state index is 6.01. The first-order valence-electron chi connectivity index (χ1n) is 5.85. The average molecular weight is 278 g/mol. The summed E-state index contributed by atoms with van der Waals surface area (Å²) in [5, 5.41) is 0.708. The molecule has 1 heterocycles. The monoisotopic (exact) mass is 277 g/mol. The zero-order chi connectivity index (χ0) is 14.0. The number of nitrogens with zero attached hydrogens (tertiary/aromatic N) is 3. The van der Waals surface area contributed by atoms with Crippen molar-refractivity contribution in [2.24, 2.45) is 0 Å². The molecule has 0 bridgehead atoms. The van der Waals surface area contributed by atoms with Crippen LogP contribution in [0.25, 0.3) is 0 Å². The van der Waals surface area contributed by atoms with E-state index < -0.39 is 0 Å². The molecule has 0 aliphatic heterocycles. The first-order chi connectivity index (χ1) is 8.97. The summed E-state index contributed by atoms with van der Waals surface area (Å²) in [6, 6.07) is 9.49. The van der Waals surface area contributed by atoms with Crippen LogP contribution in [0.15, 0.2) is 30.3 Å². The van der Waals surface area contributed by atoms with Gasteiger partial charge >= 0.3 is 0 Å². The van der Waals surface area contributed by atoms with Crippen LogP contribution >= 0.6 is 11.6 Å². The number of halogens is 1. The maximum atomic E-state index is 6.01. The van der Waals surface area contributed by atoms with Gasteiger partial charge in [-0.15, -0.1) is 0 Å². The third-order valence-electron chi connectivity index (χ3n) is 3.02. The largest absolute Gasteiger partial charge is 0.383 e. The highest BCUT2D eigenvalue weighted by Crippen LogP contribution is 2.26. The van der Waals surface area contributed by atoms with Crippen LogP contribution in [0, 0.1) is 0 Å². The van der Waals surface area contributed by atoms with E-state index >= 15 is 0 Å². The number of anilines is 3. The summed E-state index contributed by atoms with van der Waals surface area (Å²) in [5.74, 6) is 1.20. The third-order valence-corrected chi connectivity index (χ3v) is 3.26. The zero-order valence-electron chi connectivity index (χ0n) is 10.8. The molecular weight excluding hydrogens is 262 g/mol. The van der Waals surface area contributed by atoms with E-state index in [1.807, 2.05) is 36.2 Å². The number of nitrogen functional groups attached to an aromatic ring is 2. The molecule has 0 spiro atoms. The Balaban J connectivity index is 2.30. The van der Waals surface area contributed by atoms with Gasteiger partial charge in [-0.2, -0.15) is 9.97 Å². The highest BCUT2D eigenvalue weighted by Gasteiger charge is 2.14. The lowest BCUT2D eigenvalue weighted by Crippen LogP contribution is -2.23. The van der Waals surface area contributed by atoms with E-state index in [0.29, 0.717) is 16.7 Å². The van der Waals surface area contributed by atoms with Crippen LogP contribution < -0.4 is 16.4 Å². The van der Waals surface area contributed by atoms with Crippen LogP contribution in [0.2, 0.25) is 5.02 Å². The van der Waals surface area contributed by atoms with Crippen molar-refractivity contribution in [3.63, 3.8) is 0 Å². The van der Waals surface area contributed by atoms with Gasteiger partial charge in [0, 0.05) is 18.1 Å². The van der Waals surface area contributed by atoms with Gasteiger partial charge in [0.1, 0.15) is 11.6 Å². The molecule has 4 N–H and O–H groups in total. The summed E-state index contributed by atoms with van der Waals surface area (Å²) in [4.78, 5) is 10.0. The Morgan fingerprint density at radius 3 is 2.58 bits per heavy atom. The van der Waals surface area contributed by atoms with Gasteiger partial charge in [0.25, 0.3) is 0 Å². The van der Waals surface area contributed by atoms with E-state index in [4.69, 9.17) is 23.1 Å². The van der Waals surface area contributed by atoms with Gasteiger partial charge in [0.15, 0.2) is 0 Å². The molecule has 0 radical (unpaired) electrons. The molecule has 1 aromatic carbocycles. The van der Waals surface area contributed by atoms with E-state index in [1.54, 1.807) is 6.07 Å². The van der Waals surface area contributed by atoms with Gasteiger partial charge < -0.3 is 16.4 Å². The van der Waals surface area contributed by atoms with Crippen LogP contribution in [0.1, 0.15) is 18.5 Å². The lowest BCUT2D eigenvalue weighted by Gasteiger charge is -2.26. The lowest BCUT2D eigenvalue weighted by molar-refractivity contribution is 0.728. The van der Waals surface area contributed by atoms with Crippen molar-refractivity contribution in [1.29, 1.82) is 0 Å². The average Bonchev–Trinajstić information content (AvgIpc) is 2.36. The van der Waals surface area contributed by atoms with E-state index in [0.717, 1.165) is 5.56 Å². The number of rotatable bonds is 3. The van der Waals surface area contributed by atoms with Crippen molar-refractivity contribution in [2.75, 3.05) is 23.4 Å². The molecule has 2 rings (SSSR count). The summed E-state index contributed by atoms with van der Waals surface area (Å²) in [7, 11) is 1.92. The Morgan fingerprint density at radius 2 is 1.95 bits per heavy atom. The topological polar surface area (TPSA) is 81.1 Å². The molecule has 1 atom stereocenters. The van der Waals surface area contributed by atoms with E-state index in [2.05, 4.69) is 16.9 Å². The molecule has 0 aliphatic rings. The number of benzene rings is 1. The van der Waals surface area contributed by atoms with Gasteiger partial charge in [-0.25, -0.2) is 0 Å². The quantitative estimate of drug-likeness (QED) is 0.901. The Morgan fingerprint density at radius 1 is 1.21 bits per heavy atom. The maximum Gasteiger partial charge on any atom is 0.223 e. The van der Waals surface area contributed by atoms with E-state index in [9.17, 15) is 0 Å². The van der Waals surface area contributed by atoms with Crippen LogP contribution in [0.3, 0.4) is 0 Å². The van der Waals surface area contributed by atoms with Crippen LogP contribution in [-0.2, 0) is 0 Å². The normalized spacial score (nSPS) is 12.2. The van der Waals surface area contributed by atoms with E-state index in [1.165, 1.54) is 0 Å². The van der Waals surface area contributed by atoms with Crippen LogP contribution in [-0.4, -0.2) is 17.0 Å². The minimum absolute atomic E-state index is 0.0902. The van der Waals surface area contributed by atoms with Crippen LogP contribution in [0.4, 0.5) is 17.6 Å². The second-order valence-electron chi connectivity index (χ2n) is 4.35. The molecule has 0 amide bonds. The minimum atomic E-state index is 0.0902. The Labute approximate surface area is 117 Å². The molecule has 1 aromatic heterocycles. The van der Waals surface area contributed by atoms with Gasteiger partial charge in [0.05, 0.1) is 6.04 Å². The van der Waals surface area contributed by atoms with Crippen molar-refractivity contribution >= 4 is 29.2 Å². The first-order valence-corrected chi connectivity index (χ1v) is 6.23. The van der Waals surface area contributed by atoms with Crippen molar-refractivity contribution in [2.45, 2.75) is 13.0 Å². The number of hydrogen-bond donors (Lipinski definition) is 2. The zero-order valence-corrected chi connectivity index (χ0v) is 11.6. The predicted molar refractivity (Wildman–Crippen MR) is 79.1 cm³/mol. The molecule has 1 unspecified atom stereocenters. The summed E-state index contributed by atoms with van der Waals surface area (Å²) >= 11 is 6.01. The Kier molecular flexibility index (Phi) is 3.76. The highest BCUT2D eigenvalue weighted by molar-refractivity contribution is 6.30. The summed E-state index contributed by atoms with van der Waals surface area (Å²) in [5.41, 5.74) is 12.4. The second-order valence-corrected chi connectivity index (χ2v) is 4.79. The standard InChI is InChI=1S/C13H16ClN5/c1-8(9-4-3-5-10(14)6-9)19(2)12-7-11(15)17-13(16)18-12/h3-8H,1-2H3,(H4,15,16,17,18). The fraction of sp³-hybridized carbons (Fsp3) is 0.231. The smallest absolute Gasteiger partial charge is 0.223 e. The summed E-state index contributed by atoms with van der Waals surface area (Å²) in [6.45, 7) is 2.06. The molecule has 5 nitrogen and oxygen atoms in total. The van der Waals surface area contributed by atoms with Crippen molar-refractivity contribution < 1.29 is 0 Å². The summed E-state index contributed by atoms with van der Waals surface area (Å²) in [6.07, 6.45) is 0. The van der Waals surface area contributed by atoms with Crippen LogP contribution in [0.5, 0.6) is 0 Å². The number of nitrogens with two attached hydrogens (primary N) is 2. The lowest BCUT2D eigenvalue weighted by atomic mass is 10.1. The van der Waals surface area contributed by atoms with E-state index in [-0.39, 0.29) is 12.0 Å². The molecule has 2 aromatic rings. The molecular formula is C13H16ClN5. The number of hydrogen-bond acceptors (Lipinski definition) is 5. The van der Waals surface area contributed by atoms with Gasteiger partial charge in [-0.05, 0) is 24.6 Å². The Hall–Kier alpha value is -2.01. The first kappa shape index (κ1) is 13.4. The second kappa shape index (κ2) is 5.32. The van der Waals surface area contributed by atoms with Crippen molar-refractivity contribution in [1.82, 2.24) is 9.97 Å². The van der Waals surface area contributed by atoms with Crippen molar-refractivity contribution in [3.8, 4) is 0 Å². The van der Waals surface area contributed by atoms with Crippen molar-refractivity contribution in [3.05, 3.63) is 40.9 Å². The molecule has 0 fully saturated rings. The highest BCUT2D eigenvalue weighted by atomic mass is 35.5. The molecule has 0 aliphatic carbocycles. The molecule has 6 heteroatoms. The SMILES string of the molecule is CC(c1cccc(Cl)c1)N(C)c1cc(N)nc(N)n1. The minimum Gasteiger partial charge on any atom is -0.383 e. The fourth-order valence-electron chi connectivity index (χ4n) is 1.84. The van der Waals surface area contributed by atoms with Gasteiger partial charge in [-0.3, -0.25) is 0 Å². The molecule has 100 valence electrons. The predicted octanol–water partition coefficient (Wildman–Crippen LogP) is 2.49. The van der Waals surface area contributed by atoms with Gasteiger partial charge in [-0.1, -0.05) is 23.7 Å². The fourth-order valence-corrected chi connectivity index (χ4v) is 2.04. The Bertz CT molecular complexity index is 567.